The highest BCUT2D eigenvalue weighted by molar-refractivity contribution is 7.13. The van der Waals surface area contributed by atoms with Crippen molar-refractivity contribution in [2.24, 2.45) is 0 Å². The number of nitrogens with one attached hydrogen (secondary N) is 1. The average molecular weight is 266 g/mol. The molecule has 1 N–H and O–H groups in total. The molecule has 0 unspecified atom stereocenters. The fourth-order valence-corrected chi connectivity index (χ4v) is 2.03. The number of hydrogen-bond donors (Lipinski definition) is 1. The molecule has 2 rings (SSSR count). The number of hydrogen-bond acceptors (Lipinski definition) is 3. The minimum Gasteiger partial charge on any atom is -0.319 e. The molecule has 1 amide bonds. The van der Waals surface area contributed by atoms with Gasteiger partial charge in [0.25, 0.3) is 11.7 Å². The number of carbonyl (C=O) groups excluding carboxylic acids is 2. The molecule has 0 spiro atoms. The van der Waals surface area contributed by atoms with E-state index in [4.69, 9.17) is 11.6 Å². The highest BCUT2D eigenvalue weighted by Crippen LogP contribution is 2.15. The van der Waals surface area contributed by atoms with Gasteiger partial charge in [0.2, 0.25) is 0 Å². The fourth-order valence-electron chi connectivity index (χ4n) is 1.24. The van der Waals surface area contributed by atoms with E-state index in [1.165, 1.54) is 11.3 Å². The topological polar surface area (TPSA) is 46.2 Å². The van der Waals surface area contributed by atoms with Crippen molar-refractivity contribution < 1.29 is 9.59 Å². The molecule has 17 heavy (non-hydrogen) atoms. The van der Waals surface area contributed by atoms with E-state index in [9.17, 15) is 9.59 Å². The molecule has 2 aromatic rings. The molecule has 0 radical (unpaired) electrons. The molecule has 0 aliphatic carbocycles. The van der Waals surface area contributed by atoms with Crippen LogP contribution in [0.5, 0.6) is 0 Å². The number of halogens is 1. The lowest BCUT2D eigenvalue weighted by atomic mass is 10.2. The Morgan fingerprint density at radius 2 is 1.82 bits per heavy atom. The molecule has 0 saturated carbocycles. The van der Waals surface area contributed by atoms with E-state index >= 15 is 0 Å². The Labute approximate surface area is 107 Å². The molecular weight excluding hydrogens is 258 g/mol. The normalized spacial score (nSPS) is 9.94. The first-order chi connectivity index (χ1) is 8.16. The fraction of sp³-hybridized carbons (Fsp3) is 0. The van der Waals surface area contributed by atoms with Crippen LogP contribution in [0.25, 0.3) is 0 Å². The predicted octanol–water partition coefficient (Wildman–Crippen LogP) is 3.22. The van der Waals surface area contributed by atoms with Crippen LogP contribution < -0.4 is 5.32 Å². The van der Waals surface area contributed by atoms with E-state index in [0.29, 0.717) is 15.6 Å². The van der Waals surface area contributed by atoms with Gasteiger partial charge < -0.3 is 5.32 Å². The van der Waals surface area contributed by atoms with E-state index in [1.807, 2.05) is 0 Å². The summed E-state index contributed by atoms with van der Waals surface area (Å²) in [5.41, 5.74) is 0.546. The van der Waals surface area contributed by atoms with Crippen LogP contribution in [0, 0.1) is 0 Å². The maximum Gasteiger partial charge on any atom is 0.297 e. The minimum atomic E-state index is -0.644. The lowest BCUT2D eigenvalue weighted by molar-refractivity contribution is -0.112. The first kappa shape index (κ1) is 11.8. The summed E-state index contributed by atoms with van der Waals surface area (Å²) in [4.78, 5) is 23.7. The molecule has 1 heterocycles. The largest absolute Gasteiger partial charge is 0.319 e. The van der Waals surface area contributed by atoms with Gasteiger partial charge in [-0.1, -0.05) is 17.7 Å². The van der Waals surface area contributed by atoms with Crippen LogP contribution in [0.1, 0.15) is 9.67 Å². The van der Waals surface area contributed by atoms with E-state index in [2.05, 4.69) is 5.32 Å². The van der Waals surface area contributed by atoms with Gasteiger partial charge >= 0.3 is 0 Å². The quantitative estimate of drug-likeness (QED) is 0.684. The van der Waals surface area contributed by atoms with Crippen molar-refractivity contribution in [1.29, 1.82) is 0 Å². The number of anilines is 1. The second kappa shape index (κ2) is 5.12. The molecular formula is C12H8ClNO2S. The summed E-state index contributed by atoms with van der Waals surface area (Å²) in [5.74, 6) is -1.18. The molecule has 86 valence electrons. The van der Waals surface area contributed by atoms with Crippen LogP contribution in [0.4, 0.5) is 5.69 Å². The monoisotopic (exact) mass is 265 g/mol. The van der Waals surface area contributed by atoms with Crippen molar-refractivity contribution in [2.75, 3.05) is 5.32 Å². The smallest absolute Gasteiger partial charge is 0.297 e. The Morgan fingerprint density at radius 3 is 2.41 bits per heavy atom. The summed E-state index contributed by atoms with van der Waals surface area (Å²) in [6.45, 7) is 0. The molecule has 0 saturated heterocycles. The van der Waals surface area contributed by atoms with Gasteiger partial charge in [0.1, 0.15) is 0 Å². The van der Waals surface area contributed by atoms with E-state index in [1.54, 1.807) is 41.8 Å². The predicted molar refractivity (Wildman–Crippen MR) is 68.7 cm³/mol. The van der Waals surface area contributed by atoms with Gasteiger partial charge in [-0.05, 0) is 35.7 Å². The van der Waals surface area contributed by atoms with Crippen molar-refractivity contribution in [3.05, 3.63) is 51.7 Å². The lowest BCUT2D eigenvalue weighted by Crippen LogP contribution is -2.21. The number of benzene rings is 1. The maximum absolute atomic E-state index is 11.6. The highest BCUT2D eigenvalue weighted by atomic mass is 35.5. The number of carbonyl (C=O) groups is 2. The Morgan fingerprint density at radius 1 is 1.12 bits per heavy atom. The molecule has 0 aliphatic heterocycles. The summed E-state index contributed by atoms with van der Waals surface area (Å²) < 4.78 is 0. The lowest BCUT2D eigenvalue weighted by Gasteiger charge is -2.03. The summed E-state index contributed by atoms with van der Waals surface area (Å²) in [7, 11) is 0. The standard InChI is InChI=1S/C12H8ClNO2S/c13-8-3-5-9(6-4-8)14-12(16)11(15)10-2-1-7-17-10/h1-7H,(H,14,16). The maximum atomic E-state index is 11.6. The molecule has 3 nitrogen and oxygen atoms in total. The molecule has 1 aromatic heterocycles. The van der Waals surface area contributed by atoms with Crippen LogP contribution in [0.3, 0.4) is 0 Å². The van der Waals surface area contributed by atoms with Crippen LogP contribution >= 0.6 is 22.9 Å². The molecule has 1 aromatic carbocycles. The van der Waals surface area contributed by atoms with Gasteiger partial charge in [-0.15, -0.1) is 11.3 Å². The first-order valence-corrected chi connectivity index (χ1v) is 6.07. The average Bonchev–Trinajstić information content (AvgIpc) is 2.84. The van der Waals surface area contributed by atoms with Crippen molar-refractivity contribution >= 4 is 40.3 Å². The number of ketones is 1. The number of thiophene rings is 1. The van der Waals surface area contributed by atoms with Crippen LogP contribution in [-0.4, -0.2) is 11.7 Å². The third kappa shape index (κ3) is 2.93. The zero-order valence-electron chi connectivity index (χ0n) is 8.64. The first-order valence-electron chi connectivity index (χ1n) is 4.81. The second-order valence-corrected chi connectivity index (χ2v) is 4.65. The molecule has 5 heteroatoms. The van der Waals surface area contributed by atoms with E-state index < -0.39 is 11.7 Å². The third-order valence-corrected chi connectivity index (χ3v) is 3.17. The van der Waals surface area contributed by atoms with E-state index in [-0.39, 0.29) is 0 Å². The van der Waals surface area contributed by atoms with Gasteiger partial charge in [0, 0.05) is 10.7 Å². The van der Waals surface area contributed by atoms with Gasteiger partial charge in [0.15, 0.2) is 0 Å². The van der Waals surface area contributed by atoms with Gasteiger partial charge in [-0.25, -0.2) is 0 Å². The van der Waals surface area contributed by atoms with Gasteiger partial charge in [-0.2, -0.15) is 0 Å². The molecule has 0 bridgehead atoms. The number of rotatable bonds is 3. The summed E-state index contributed by atoms with van der Waals surface area (Å²) in [6, 6.07) is 9.92. The van der Waals surface area contributed by atoms with Crippen LogP contribution in [0.2, 0.25) is 5.02 Å². The van der Waals surface area contributed by atoms with Crippen molar-refractivity contribution in [3.63, 3.8) is 0 Å². The zero-order valence-corrected chi connectivity index (χ0v) is 10.2. The molecule has 0 fully saturated rings. The summed E-state index contributed by atoms with van der Waals surface area (Å²) >= 11 is 6.95. The van der Waals surface area contributed by atoms with Crippen LogP contribution in [-0.2, 0) is 4.79 Å². The summed E-state index contributed by atoms with van der Waals surface area (Å²) in [5, 5.41) is 4.85. The van der Waals surface area contributed by atoms with Crippen LogP contribution in [0.15, 0.2) is 41.8 Å². The zero-order chi connectivity index (χ0) is 12.3. The Hall–Kier alpha value is -1.65. The Kier molecular flexibility index (Phi) is 3.56. The molecule has 0 atom stereocenters. The van der Waals surface area contributed by atoms with Gasteiger partial charge in [-0.3, -0.25) is 9.59 Å². The SMILES string of the molecule is O=C(Nc1ccc(Cl)cc1)C(=O)c1cccs1. The number of Topliss-reactive ketones (excluding diaryl/α,β-unsaturated/α-hetero) is 1. The number of amides is 1. The van der Waals surface area contributed by atoms with Crippen molar-refractivity contribution in [2.45, 2.75) is 0 Å². The third-order valence-electron chi connectivity index (χ3n) is 2.05. The molecule has 0 aliphatic rings. The van der Waals surface area contributed by atoms with Gasteiger partial charge in [0.05, 0.1) is 4.88 Å². The Bertz CT molecular complexity index is 534. The highest BCUT2D eigenvalue weighted by Gasteiger charge is 2.16. The van der Waals surface area contributed by atoms with Crippen molar-refractivity contribution in [3.8, 4) is 0 Å². The Balaban J connectivity index is 2.07. The second-order valence-electron chi connectivity index (χ2n) is 3.27. The minimum absolute atomic E-state index is 0.427. The van der Waals surface area contributed by atoms with Crippen molar-refractivity contribution in [1.82, 2.24) is 0 Å². The van der Waals surface area contributed by atoms with E-state index in [0.717, 1.165) is 0 Å². The summed E-state index contributed by atoms with van der Waals surface area (Å²) in [6.07, 6.45) is 0.